The lowest BCUT2D eigenvalue weighted by atomic mass is 10.1. The van der Waals surface area contributed by atoms with Gasteiger partial charge in [0.25, 0.3) is 10.1 Å². The van der Waals surface area contributed by atoms with Crippen LogP contribution < -0.4 is 5.32 Å². The maximum atomic E-state index is 11.2. The summed E-state index contributed by atoms with van der Waals surface area (Å²) in [5.41, 5.74) is 0. The lowest BCUT2D eigenvalue weighted by Crippen LogP contribution is -2.10. The Morgan fingerprint density at radius 1 is 0.800 bits per heavy atom. The van der Waals surface area contributed by atoms with Gasteiger partial charge in [0.15, 0.2) is 0 Å². The summed E-state index contributed by atoms with van der Waals surface area (Å²) in [5, 5.41) is 2.75. The van der Waals surface area contributed by atoms with Crippen molar-refractivity contribution < 1.29 is 12.6 Å². The van der Waals surface area contributed by atoms with Gasteiger partial charge in [-0.1, -0.05) is 58.8 Å². The van der Waals surface area contributed by atoms with Crippen molar-refractivity contribution in [2.45, 2.75) is 71.6 Å². The lowest BCUT2D eigenvalue weighted by Gasteiger charge is -2.04. The van der Waals surface area contributed by atoms with Crippen LogP contribution in [-0.2, 0) is 14.3 Å². The van der Waals surface area contributed by atoms with Crippen molar-refractivity contribution in [2.75, 3.05) is 26.5 Å². The summed E-state index contributed by atoms with van der Waals surface area (Å²) in [4.78, 5) is 0. The van der Waals surface area contributed by atoms with E-state index in [0.717, 1.165) is 12.8 Å². The van der Waals surface area contributed by atoms with E-state index in [4.69, 9.17) is 4.18 Å². The lowest BCUT2D eigenvalue weighted by molar-refractivity contribution is 0.306. The normalized spacial score (nSPS) is 11.0. The third-order valence-electron chi connectivity index (χ3n) is 2.71. The van der Waals surface area contributed by atoms with Crippen LogP contribution in [0.3, 0.4) is 0 Å². The Hall–Kier alpha value is -0.130. The van der Waals surface area contributed by atoms with Gasteiger partial charge in [0.2, 0.25) is 0 Å². The topological polar surface area (TPSA) is 55.4 Å². The standard InChI is InChI=1S/C13H28O3S.C2H7N/c1-3-5-6-7-8-9-10-11-12-16-17(14,15)13-4-2;1-3-2/h3-13H2,1-2H3;3H,1-2H3. The Morgan fingerprint density at radius 2 is 1.25 bits per heavy atom. The van der Waals surface area contributed by atoms with E-state index in [2.05, 4.69) is 12.2 Å². The van der Waals surface area contributed by atoms with Gasteiger partial charge in [-0.15, -0.1) is 0 Å². The molecule has 0 aliphatic carbocycles. The molecule has 0 saturated heterocycles. The molecule has 0 bridgehead atoms. The Balaban J connectivity index is 0. The molecule has 124 valence electrons. The number of hydrogen-bond acceptors (Lipinski definition) is 4. The van der Waals surface area contributed by atoms with Crippen LogP contribution in [0.1, 0.15) is 71.6 Å². The van der Waals surface area contributed by atoms with Gasteiger partial charge in [0.05, 0.1) is 12.4 Å². The van der Waals surface area contributed by atoms with Gasteiger partial charge in [-0.25, -0.2) is 0 Å². The van der Waals surface area contributed by atoms with E-state index in [1.807, 2.05) is 21.0 Å². The molecule has 0 aliphatic heterocycles. The van der Waals surface area contributed by atoms with Crippen molar-refractivity contribution in [1.82, 2.24) is 5.32 Å². The van der Waals surface area contributed by atoms with Crippen molar-refractivity contribution in [3.63, 3.8) is 0 Å². The predicted molar refractivity (Wildman–Crippen MR) is 87.6 cm³/mol. The van der Waals surface area contributed by atoms with Gasteiger partial charge in [-0.05, 0) is 26.9 Å². The van der Waals surface area contributed by atoms with E-state index < -0.39 is 10.1 Å². The monoisotopic (exact) mass is 309 g/mol. The summed E-state index contributed by atoms with van der Waals surface area (Å²) in [7, 11) is 0.514. The summed E-state index contributed by atoms with van der Waals surface area (Å²) in [6.45, 7) is 4.42. The third-order valence-corrected chi connectivity index (χ3v) is 4.15. The van der Waals surface area contributed by atoms with Crippen LogP contribution in [0.2, 0.25) is 0 Å². The zero-order valence-corrected chi connectivity index (χ0v) is 14.7. The molecular weight excluding hydrogens is 274 g/mol. The van der Waals surface area contributed by atoms with Crippen LogP contribution >= 0.6 is 0 Å². The molecule has 0 aliphatic rings. The van der Waals surface area contributed by atoms with Crippen LogP contribution in [0.25, 0.3) is 0 Å². The fraction of sp³-hybridized carbons (Fsp3) is 1.00. The molecule has 0 radical (unpaired) electrons. The average molecular weight is 310 g/mol. The summed E-state index contributed by atoms with van der Waals surface area (Å²) < 4.78 is 27.3. The fourth-order valence-corrected chi connectivity index (χ4v) is 2.72. The second-order valence-corrected chi connectivity index (χ2v) is 6.82. The molecule has 0 spiro atoms. The Morgan fingerprint density at radius 3 is 1.70 bits per heavy atom. The second kappa shape index (κ2) is 16.9. The molecule has 0 aromatic carbocycles. The molecule has 0 rings (SSSR count). The maximum absolute atomic E-state index is 11.2. The Labute approximate surface area is 126 Å². The van der Waals surface area contributed by atoms with Crippen LogP contribution in [0.15, 0.2) is 0 Å². The first-order valence-corrected chi connectivity index (χ1v) is 9.57. The van der Waals surface area contributed by atoms with Crippen molar-refractivity contribution in [1.29, 1.82) is 0 Å². The van der Waals surface area contributed by atoms with Crippen LogP contribution in [0, 0.1) is 0 Å². The first-order chi connectivity index (χ1) is 9.54. The van der Waals surface area contributed by atoms with Crippen molar-refractivity contribution in [3.05, 3.63) is 0 Å². The van der Waals surface area contributed by atoms with Crippen molar-refractivity contribution in [2.24, 2.45) is 0 Å². The number of hydrogen-bond donors (Lipinski definition) is 1. The fourth-order valence-electron chi connectivity index (χ4n) is 1.73. The highest BCUT2D eigenvalue weighted by Crippen LogP contribution is 2.09. The summed E-state index contributed by atoms with van der Waals surface area (Å²) in [6.07, 6.45) is 10.3. The van der Waals surface area contributed by atoms with Crippen molar-refractivity contribution >= 4 is 10.1 Å². The molecule has 0 heterocycles. The number of unbranched alkanes of at least 4 members (excludes halogenated alkanes) is 7. The molecule has 0 atom stereocenters. The van der Waals surface area contributed by atoms with E-state index in [9.17, 15) is 8.42 Å². The van der Waals surface area contributed by atoms with E-state index in [0.29, 0.717) is 13.0 Å². The third kappa shape index (κ3) is 20.2. The molecule has 4 nitrogen and oxygen atoms in total. The minimum atomic E-state index is -3.24. The minimum Gasteiger partial charge on any atom is -0.323 e. The van der Waals surface area contributed by atoms with Gasteiger partial charge in [-0.3, -0.25) is 4.18 Å². The summed E-state index contributed by atoms with van der Waals surface area (Å²) in [5.74, 6) is 0.143. The molecule has 20 heavy (non-hydrogen) atoms. The SMILES string of the molecule is CCCCCCCCCCOS(=O)(=O)CCC.CNC. The molecule has 0 unspecified atom stereocenters. The molecule has 1 N–H and O–H groups in total. The summed E-state index contributed by atoms with van der Waals surface area (Å²) >= 11 is 0. The highest BCUT2D eigenvalue weighted by molar-refractivity contribution is 7.86. The quantitative estimate of drug-likeness (QED) is 0.441. The molecule has 0 amide bonds. The molecule has 0 aromatic rings. The van der Waals surface area contributed by atoms with E-state index in [1.165, 1.54) is 38.5 Å². The highest BCUT2D eigenvalue weighted by Gasteiger charge is 2.08. The smallest absolute Gasteiger partial charge is 0.267 e. The van der Waals surface area contributed by atoms with Gasteiger partial charge < -0.3 is 5.32 Å². The van der Waals surface area contributed by atoms with Gasteiger partial charge in [0.1, 0.15) is 0 Å². The maximum Gasteiger partial charge on any atom is 0.267 e. The van der Waals surface area contributed by atoms with E-state index in [-0.39, 0.29) is 5.75 Å². The predicted octanol–water partition coefficient (Wildman–Crippen LogP) is 3.72. The highest BCUT2D eigenvalue weighted by atomic mass is 32.2. The molecule has 0 fully saturated rings. The zero-order valence-electron chi connectivity index (χ0n) is 13.9. The molecule has 5 heteroatoms. The minimum absolute atomic E-state index is 0.143. The van der Waals surface area contributed by atoms with Gasteiger partial charge in [0, 0.05) is 0 Å². The largest absolute Gasteiger partial charge is 0.323 e. The molecule has 0 aromatic heterocycles. The van der Waals surface area contributed by atoms with E-state index >= 15 is 0 Å². The Bertz CT molecular complexity index is 266. The van der Waals surface area contributed by atoms with Gasteiger partial charge >= 0.3 is 0 Å². The first kappa shape index (κ1) is 22.2. The molecule has 0 saturated carbocycles. The average Bonchev–Trinajstić information content (AvgIpc) is 2.37. The van der Waals surface area contributed by atoms with Crippen molar-refractivity contribution in [3.8, 4) is 0 Å². The van der Waals surface area contributed by atoms with Crippen LogP contribution in [0.4, 0.5) is 0 Å². The second-order valence-electron chi connectivity index (χ2n) is 5.06. The van der Waals surface area contributed by atoms with Crippen LogP contribution in [0.5, 0.6) is 0 Å². The van der Waals surface area contributed by atoms with Crippen LogP contribution in [-0.4, -0.2) is 34.9 Å². The Kier molecular flexibility index (Phi) is 18.7. The number of nitrogens with one attached hydrogen (secondary N) is 1. The van der Waals surface area contributed by atoms with Gasteiger partial charge in [-0.2, -0.15) is 8.42 Å². The first-order valence-electron chi connectivity index (χ1n) is 7.99. The molecular formula is C15H35NO3S. The summed E-state index contributed by atoms with van der Waals surface area (Å²) in [6, 6.07) is 0. The number of rotatable bonds is 12. The van der Waals surface area contributed by atoms with E-state index in [1.54, 1.807) is 0 Å². The zero-order chi connectivity index (χ0) is 15.7.